The SMILES string of the molecule is O=C1CCCc2nc(CN3CCN(C(=O)c4ccc(F)cc4)CC3)sc21. The van der Waals surface area contributed by atoms with E-state index in [0.29, 0.717) is 25.1 Å². The fraction of sp³-hybridized carbons (Fsp3) is 0.421. The van der Waals surface area contributed by atoms with Crippen LogP contribution in [0.1, 0.15) is 43.6 Å². The van der Waals surface area contributed by atoms with E-state index in [2.05, 4.69) is 9.88 Å². The number of aromatic nitrogens is 1. The first-order valence-corrected chi connectivity index (χ1v) is 9.71. The van der Waals surface area contributed by atoms with E-state index in [1.807, 2.05) is 0 Å². The standard InChI is InChI=1S/C19H20FN3O2S/c20-14-6-4-13(5-7-14)19(25)23-10-8-22(9-11-23)12-17-21-15-2-1-3-16(24)18(15)26-17/h4-7H,1-3,8-12H2. The van der Waals surface area contributed by atoms with Crippen molar-refractivity contribution in [3.63, 3.8) is 0 Å². The van der Waals surface area contributed by atoms with Gasteiger partial charge in [-0.2, -0.15) is 0 Å². The number of piperazine rings is 1. The van der Waals surface area contributed by atoms with Crippen LogP contribution in [0.5, 0.6) is 0 Å². The third-order valence-electron chi connectivity index (χ3n) is 4.92. The number of carbonyl (C=O) groups excluding carboxylic acids is 2. The molecule has 0 radical (unpaired) electrons. The molecule has 0 unspecified atom stereocenters. The molecule has 0 bridgehead atoms. The van der Waals surface area contributed by atoms with E-state index in [-0.39, 0.29) is 17.5 Å². The van der Waals surface area contributed by atoms with Crippen LogP contribution in [-0.4, -0.2) is 52.7 Å². The van der Waals surface area contributed by atoms with Gasteiger partial charge in [-0.05, 0) is 37.1 Å². The third kappa shape index (κ3) is 3.54. The number of hydrogen-bond acceptors (Lipinski definition) is 5. The summed E-state index contributed by atoms with van der Waals surface area (Å²) >= 11 is 1.52. The number of amides is 1. The first-order valence-electron chi connectivity index (χ1n) is 8.89. The van der Waals surface area contributed by atoms with Crippen molar-refractivity contribution in [1.29, 1.82) is 0 Å². The van der Waals surface area contributed by atoms with E-state index in [9.17, 15) is 14.0 Å². The first kappa shape index (κ1) is 17.3. The number of thiazole rings is 1. The van der Waals surface area contributed by atoms with E-state index in [4.69, 9.17) is 0 Å². The van der Waals surface area contributed by atoms with Crippen molar-refractivity contribution in [3.8, 4) is 0 Å². The number of carbonyl (C=O) groups is 2. The van der Waals surface area contributed by atoms with Crippen LogP contribution in [0.15, 0.2) is 24.3 Å². The van der Waals surface area contributed by atoms with E-state index in [1.165, 1.54) is 35.6 Å². The Hall–Kier alpha value is -2.12. The Morgan fingerprint density at radius 3 is 2.54 bits per heavy atom. The number of fused-ring (bicyclic) bond motifs is 1. The largest absolute Gasteiger partial charge is 0.336 e. The Bertz CT molecular complexity index is 826. The van der Waals surface area contributed by atoms with Crippen LogP contribution in [0, 0.1) is 5.82 Å². The molecule has 1 aromatic carbocycles. The zero-order valence-electron chi connectivity index (χ0n) is 14.4. The second-order valence-corrected chi connectivity index (χ2v) is 7.82. The summed E-state index contributed by atoms with van der Waals surface area (Å²) in [7, 11) is 0. The summed E-state index contributed by atoms with van der Waals surface area (Å²) in [6, 6.07) is 5.69. The highest BCUT2D eigenvalue weighted by molar-refractivity contribution is 7.13. The number of rotatable bonds is 3. The summed E-state index contributed by atoms with van der Waals surface area (Å²) in [6.07, 6.45) is 2.44. The van der Waals surface area contributed by atoms with Crippen molar-refractivity contribution in [2.75, 3.05) is 26.2 Å². The van der Waals surface area contributed by atoms with Crippen LogP contribution in [0.2, 0.25) is 0 Å². The van der Waals surface area contributed by atoms with Gasteiger partial charge in [0.1, 0.15) is 10.8 Å². The zero-order valence-corrected chi connectivity index (χ0v) is 15.2. The van der Waals surface area contributed by atoms with Crippen LogP contribution < -0.4 is 0 Å². The maximum atomic E-state index is 13.0. The number of halogens is 1. The van der Waals surface area contributed by atoms with Gasteiger partial charge in [0.25, 0.3) is 5.91 Å². The Morgan fingerprint density at radius 1 is 1.12 bits per heavy atom. The fourth-order valence-electron chi connectivity index (χ4n) is 3.46. The van der Waals surface area contributed by atoms with Crippen LogP contribution in [0.3, 0.4) is 0 Å². The molecule has 0 atom stereocenters. The lowest BCUT2D eigenvalue weighted by Gasteiger charge is -2.34. The highest BCUT2D eigenvalue weighted by atomic mass is 32.1. The second kappa shape index (κ2) is 7.25. The number of benzene rings is 1. The summed E-state index contributed by atoms with van der Waals surface area (Å²) in [6.45, 7) is 3.54. The average Bonchev–Trinajstić information content (AvgIpc) is 3.06. The van der Waals surface area contributed by atoms with Crippen molar-refractivity contribution in [3.05, 3.63) is 51.2 Å². The molecule has 0 spiro atoms. The van der Waals surface area contributed by atoms with Gasteiger partial charge in [-0.25, -0.2) is 9.37 Å². The van der Waals surface area contributed by atoms with Gasteiger partial charge in [-0.3, -0.25) is 14.5 Å². The summed E-state index contributed by atoms with van der Waals surface area (Å²) < 4.78 is 13.0. The molecule has 1 aliphatic heterocycles. The van der Waals surface area contributed by atoms with E-state index < -0.39 is 0 Å². The van der Waals surface area contributed by atoms with Crippen molar-refractivity contribution >= 4 is 23.0 Å². The van der Waals surface area contributed by atoms with Crippen molar-refractivity contribution in [2.45, 2.75) is 25.8 Å². The Labute approximate surface area is 155 Å². The lowest BCUT2D eigenvalue weighted by molar-refractivity contribution is 0.0628. The predicted octanol–water partition coefficient (Wildman–Crippen LogP) is 2.76. The van der Waals surface area contributed by atoms with Crippen LogP contribution in [-0.2, 0) is 13.0 Å². The normalized spacial score (nSPS) is 18.0. The van der Waals surface area contributed by atoms with Crippen LogP contribution >= 0.6 is 11.3 Å². The molecule has 1 aliphatic carbocycles. The molecule has 0 N–H and O–H groups in total. The molecule has 2 aliphatic rings. The van der Waals surface area contributed by atoms with Gasteiger partial charge in [-0.15, -0.1) is 11.3 Å². The number of Topliss-reactive ketones (excluding diaryl/α,β-unsaturated/α-hetero) is 1. The maximum absolute atomic E-state index is 13.0. The Kier molecular flexibility index (Phi) is 4.82. The van der Waals surface area contributed by atoms with E-state index in [1.54, 1.807) is 4.90 Å². The zero-order chi connectivity index (χ0) is 18.1. The third-order valence-corrected chi connectivity index (χ3v) is 6.05. The van der Waals surface area contributed by atoms with Crippen molar-refractivity contribution in [1.82, 2.24) is 14.8 Å². The van der Waals surface area contributed by atoms with E-state index >= 15 is 0 Å². The van der Waals surface area contributed by atoms with Crippen molar-refractivity contribution < 1.29 is 14.0 Å². The molecule has 2 heterocycles. The first-order chi connectivity index (χ1) is 12.6. The lowest BCUT2D eigenvalue weighted by atomic mass is 10.0. The monoisotopic (exact) mass is 373 g/mol. The minimum atomic E-state index is -0.337. The highest BCUT2D eigenvalue weighted by Gasteiger charge is 2.25. The summed E-state index contributed by atoms with van der Waals surface area (Å²) in [5.41, 5.74) is 1.48. The van der Waals surface area contributed by atoms with Gasteiger partial charge in [0.2, 0.25) is 0 Å². The molecule has 7 heteroatoms. The number of aryl methyl sites for hydroxylation is 1. The van der Waals surface area contributed by atoms with Gasteiger partial charge in [0.15, 0.2) is 5.78 Å². The number of nitrogens with zero attached hydrogens (tertiary/aromatic N) is 3. The molecule has 136 valence electrons. The smallest absolute Gasteiger partial charge is 0.253 e. The second-order valence-electron chi connectivity index (χ2n) is 6.74. The van der Waals surface area contributed by atoms with Gasteiger partial charge in [0, 0.05) is 38.2 Å². The maximum Gasteiger partial charge on any atom is 0.253 e. The fourth-order valence-corrected chi connectivity index (χ4v) is 4.58. The average molecular weight is 373 g/mol. The molecule has 1 aromatic heterocycles. The summed E-state index contributed by atoms with van der Waals surface area (Å²) in [5, 5.41) is 0.989. The minimum Gasteiger partial charge on any atom is -0.336 e. The van der Waals surface area contributed by atoms with Gasteiger partial charge in [-0.1, -0.05) is 0 Å². The Balaban J connectivity index is 1.34. The molecule has 1 amide bonds. The lowest BCUT2D eigenvalue weighted by Crippen LogP contribution is -2.48. The number of ketones is 1. The summed E-state index contributed by atoms with van der Waals surface area (Å²) in [5.74, 6) is -0.166. The van der Waals surface area contributed by atoms with Crippen LogP contribution in [0.4, 0.5) is 4.39 Å². The van der Waals surface area contributed by atoms with Crippen molar-refractivity contribution in [2.24, 2.45) is 0 Å². The molecule has 1 fully saturated rings. The molecule has 4 rings (SSSR count). The molecule has 26 heavy (non-hydrogen) atoms. The molecule has 0 saturated carbocycles. The quantitative estimate of drug-likeness (QED) is 0.830. The molecular weight excluding hydrogens is 353 g/mol. The Morgan fingerprint density at radius 2 is 1.85 bits per heavy atom. The molecule has 1 saturated heterocycles. The highest BCUT2D eigenvalue weighted by Crippen LogP contribution is 2.27. The van der Waals surface area contributed by atoms with Gasteiger partial charge >= 0.3 is 0 Å². The molecule has 2 aromatic rings. The van der Waals surface area contributed by atoms with Gasteiger partial charge < -0.3 is 4.90 Å². The predicted molar refractivity (Wildman–Crippen MR) is 97.0 cm³/mol. The molecular formula is C19H20FN3O2S. The minimum absolute atomic E-state index is 0.0556. The van der Waals surface area contributed by atoms with Gasteiger partial charge in [0.05, 0.1) is 17.1 Å². The molecule has 5 nitrogen and oxygen atoms in total. The topological polar surface area (TPSA) is 53.5 Å². The summed E-state index contributed by atoms with van der Waals surface area (Å²) in [4.78, 5) is 34.0. The van der Waals surface area contributed by atoms with Crippen LogP contribution in [0.25, 0.3) is 0 Å². The van der Waals surface area contributed by atoms with E-state index in [0.717, 1.165) is 48.1 Å². The number of hydrogen-bond donors (Lipinski definition) is 0.